The van der Waals surface area contributed by atoms with E-state index in [1.54, 1.807) is 0 Å². The van der Waals surface area contributed by atoms with Crippen molar-refractivity contribution in [3.8, 4) is 34.1 Å². The summed E-state index contributed by atoms with van der Waals surface area (Å²) in [5.74, 6) is -3.11. The Morgan fingerprint density at radius 2 is 1.68 bits per heavy atom. The largest absolute Gasteiger partial charge is 0.333 e. The molecule has 3 aromatic heterocycles. The third kappa shape index (κ3) is 3.22. The van der Waals surface area contributed by atoms with Crippen LogP contribution in [0.4, 0.5) is 17.6 Å². The molecule has 28 heavy (non-hydrogen) atoms. The minimum absolute atomic E-state index is 0.0241. The van der Waals surface area contributed by atoms with Crippen molar-refractivity contribution in [3.63, 3.8) is 0 Å². The average Bonchev–Trinajstić information content (AvgIpc) is 3.13. The summed E-state index contributed by atoms with van der Waals surface area (Å²) in [7, 11) is 0. The maximum atomic E-state index is 14.5. The normalized spacial score (nSPS) is 11.0. The van der Waals surface area contributed by atoms with Crippen LogP contribution in [0, 0.1) is 30.2 Å². The van der Waals surface area contributed by atoms with Crippen LogP contribution in [0.15, 0.2) is 47.2 Å². The van der Waals surface area contributed by atoms with Gasteiger partial charge in [0.2, 0.25) is 5.82 Å². The van der Waals surface area contributed by atoms with Gasteiger partial charge in [0.15, 0.2) is 5.82 Å². The van der Waals surface area contributed by atoms with Crippen LogP contribution < -0.4 is 0 Å². The molecular weight excluding hydrogens is 376 g/mol. The highest BCUT2D eigenvalue weighted by atomic mass is 19.1. The molecule has 0 unspecified atom stereocenters. The van der Waals surface area contributed by atoms with Gasteiger partial charge in [0.05, 0.1) is 17.5 Å². The van der Waals surface area contributed by atoms with Gasteiger partial charge >= 0.3 is 0 Å². The molecule has 140 valence electrons. The summed E-state index contributed by atoms with van der Waals surface area (Å²) in [6.45, 7) is 1.43. The molecule has 0 saturated heterocycles. The first-order valence-electron chi connectivity index (χ1n) is 8.00. The van der Waals surface area contributed by atoms with E-state index in [1.807, 2.05) is 0 Å². The molecule has 0 radical (unpaired) electrons. The molecule has 0 saturated carbocycles. The summed E-state index contributed by atoms with van der Waals surface area (Å²) in [5, 5.41) is 3.73. The highest BCUT2D eigenvalue weighted by molar-refractivity contribution is 5.69. The maximum Gasteiger partial charge on any atom is 0.261 e. The summed E-state index contributed by atoms with van der Waals surface area (Å²) in [6, 6.07) is 5.35. The van der Waals surface area contributed by atoms with Crippen molar-refractivity contribution >= 4 is 0 Å². The van der Waals surface area contributed by atoms with E-state index < -0.39 is 23.3 Å². The van der Waals surface area contributed by atoms with Gasteiger partial charge < -0.3 is 4.52 Å². The maximum absolute atomic E-state index is 14.5. The van der Waals surface area contributed by atoms with E-state index in [-0.39, 0.29) is 39.8 Å². The fourth-order valence-electron chi connectivity index (χ4n) is 2.64. The molecule has 0 bridgehead atoms. The molecule has 5 nitrogen and oxygen atoms in total. The molecule has 0 amide bonds. The van der Waals surface area contributed by atoms with Crippen molar-refractivity contribution in [2.45, 2.75) is 6.92 Å². The van der Waals surface area contributed by atoms with Crippen molar-refractivity contribution in [2.75, 3.05) is 0 Å². The van der Waals surface area contributed by atoms with Crippen LogP contribution in [0.25, 0.3) is 34.1 Å². The van der Waals surface area contributed by atoms with Crippen LogP contribution >= 0.6 is 0 Å². The molecule has 0 fully saturated rings. The van der Waals surface area contributed by atoms with E-state index in [1.165, 1.54) is 19.2 Å². The zero-order chi connectivity index (χ0) is 19.8. The average molecular weight is 386 g/mol. The van der Waals surface area contributed by atoms with Crippen molar-refractivity contribution in [3.05, 3.63) is 71.7 Å². The molecule has 3 heterocycles. The van der Waals surface area contributed by atoms with Gasteiger partial charge in [-0.05, 0) is 31.2 Å². The quantitative estimate of drug-likeness (QED) is 0.477. The highest BCUT2D eigenvalue weighted by Crippen LogP contribution is 2.29. The Morgan fingerprint density at radius 3 is 2.43 bits per heavy atom. The Bertz CT molecular complexity index is 1190. The molecule has 1 aromatic carbocycles. The van der Waals surface area contributed by atoms with Gasteiger partial charge in [-0.15, -0.1) is 0 Å². The van der Waals surface area contributed by atoms with E-state index in [0.717, 1.165) is 24.4 Å². The van der Waals surface area contributed by atoms with E-state index in [0.29, 0.717) is 6.07 Å². The summed E-state index contributed by atoms with van der Waals surface area (Å²) in [5.41, 5.74) is 0.326. The number of hydrogen-bond acceptors (Lipinski definition) is 5. The number of aromatic nitrogens is 4. The lowest BCUT2D eigenvalue weighted by molar-refractivity contribution is 0.429. The fraction of sp³-hybridized carbons (Fsp3) is 0.0526. The Morgan fingerprint density at radius 1 is 0.857 bits per heavy atom. The predicted octanol–water partition coefficient (Wildman–Crippen LogP) is 4.73. The number of benzene rings is 1. The van der Waals surface area contributed by atoms with Crippen LogP contribution in [0.3, 0.4) is 0 Å². The topological polar surface area (TPSA) is 64.7 Å². The Hall–Kier alpha value is -3.62. The van der Waals surface area contributed by atoms with Crippen molar-refractivity contribution < 1.29 is 22.1 Å². The molecule has 0 atom stereocenters. The van der Waals surface area contributed by atoms with Gasteiger partial charge in [-0.2, -0.15) is 4.98 Å². The van der Waals surface area contributed by atoms with E-state index in [2.05, 4.69) is 20.1 Å². The first-order chi connectivity index (χ1) is 13.4. The first-order valence-corrected chi connectivity index (χ1v) is 8.00. The van der Waals surface area contributed by atoms with Crippen molar-refractivity contribution in [2.24, 2.45) is 0 Å². The number of aryl methyl sites for hydroxylation is 1. The van der Waals surface area contributed by atoms with Crippen LogP contribution in [0.2, 0.25) is 0 Å². The van der Waals surface area contributed by atoms with Crippen LogP contribution in [-0.2, 0) is 0 Å². The SMILES string of the molecule is Cc1nc(-c2noc(-c3ccc(F)cc3F)n2)cc(-c2cncc(F)c2)c1F. The van der Waals surface area contributed by atoms with Gasteiger partial charge in [0.1, 0.15) is 23.1 Å². The van der Waals surface area contributed by atoms with Crippen molar-refractivity contribution in [1.82, 2.24) is 20.1 Å². The molecule has 4 aromatic rings. The Balaban J connectivity index is 1.79. The minimum atomic E-state index is -0.870. The third-order valence-electron chi connectivity index (χ3n) is 3.96. The number of nitrogens with zero attached hydrogens (tertiary/aromatic N) is 4. The zero-order valence-corrected chi connectivity index (χ0v) is 14.3. The van der Waals surface area contributed by atoms with E-state index in [9.17, 15) is 17.6 Å². The Labute approximate surface area is 155 Å². The second-order valence-electron chi connectivity index (χ2n) is 5.89. The van der Waals surface area contributed by atoms with Crippen molar-refractivity contribution in [1.29, 1.82) is 0 Å². The number of halogens is 4. The van der Waals surface area contributed by atoms with Gasteiger partial charge in [-0.3, -0.25) is 4.98 Å². The highest BCUT2D eigenvalue weighted by Gasteiger charge is 2.19. The lowest BCUT2D eigenvalue weighted by Crippen LogP contribution is -1.97. The minimum Gasteiger partial charge on any atom is -0.333 e. The zero-order valence-electron chi connectivity index (χ0n) is 14.3. The van der Waals surface area contributed by atoms with Crippen LogP contribution in [0.5, 0.6) is 0 Å². The molecular formula is C19H10F4N4O. The fourth-order valence-corrected chi connectivity index (χ4v) is 2.64. The van der Waals surface area contributed by atoms with Crippen LogP contribution in [0.1, 0.15) is 5.69 Å². The third-order valence-corrected chi connectivity index (χ3v) is 3.96. The number of hydrogen-bond donors (Lipinski definition) is 0. The summed E-state index contributed by atoms with van der Waals surface area (Å²) < 4.78 is 60.0. The summed E-state index contributed by atoms with van der Waals surface area (Å²) in [4.78, 5) is 11.8. The number of pyridine rings is 2. The molecule has 9 heteroatoms. The second-order valence-corrected chi connectivity index (χ2v) is 5.89. The van der Waals surface area contributed by atoms with Gasteiger partial charge in [0, 0.05) is 23.4 Å². The van der Waals surface area contributed by atoms with Gasteiger partial charge in [0.25, 0.3) is 5.89 Å². The lowest BCUT2D eigenvalue weighted by atomic mass is 10.1. The molecule has 0 spiro atoms. The second kappa shape index (κ2) is 6.84. The van der Waals surface area contributed by atoms with Gasteiger partial charge in [-0.25, -0.2) is 22.5 Å². The van der Waals surface area contributed by atoms with Gasteiger partial charge in [-0.1, -0.05) is 5.16 Å². The standard InChI is InChI=1S/C19H10F4N4O/c1-9-17(23)14(10-4-12(21)8-24-7-10)6-16(25-9)18-26-19(28-27-18)13-3-2-11(20)5-15(13)22/h2-8H,1H3. The van der Waals surface area contributed by atoms with Crippen LogP contribution in [-0.4, -0.2) is 20.1 Å². The molecule has 0 N–H and O–H groups in total. The molecule has 0 aliphatic rings. The first kappa shape index (κ1) is 17.8. The Kier molecular flexibility index (Phi) is 4.34. The van der Waals surface area contributed by atoms with E-state index >= 15 is 0 Å². The predicted molar refractivity (Wildman–Crippen MR) is 90.8 cm³/mol. The molecule has 0 aliphatic heterocycles. The summed E-state index contributed by atoms with van der Waals surface area (Å²) in [6.07, 6.45) is 2.30. The number of rotatable bonds is 3. The smallest absolute Gasteiger partial charge is 0.261 e. The monoisotopic (exact) mass is 386 g/mol. The lowest BCUT2D eigenvalue weighted by Gasteiger charge is -2.07. The summed E-state index contributed by atoms with van der Waals surface area (Å²) >= 11 is 0. The molecule has 4 rings (SSSR count). The molecule has 0 aliphatic carbocycles. The van der Waals surface area contributed by atoms with E-state index in [4.69, 9.17) is 4.52 Å².